The van der Waals surface area contributed by atoms with Crippen molar-refractivity contribution in [2.75, 3.05) is 0 Å². The Hall–Kier alpha value is -2.14. The lowest BCUT2D eigenvalue weighted by atomic mass is 9.91. The van der Waals surface area contributed by atoms with Crippen LogP contribution < -0.4 is 0 Å². The molecule has 0 aliphatic heterocycles. The van der Waals surface area contributed by atoms with E-state index in [9.17, 15) is 4.39 Å². The van der Waals surface area contributed by atoms with Gasteiger partial charge in [0.1, 0.15) is 5.82 Å². The number of aromatic nitrogens is 1. The molecule has 0 amide bonds. The summed E-state index contributed by atoms with van der Waals surface area (Å²) in [6.07, 6.45) is 7.31. The second-order valence-corrected chi connectivity index (χ2v) is 3.83. The van der Waals surface area contributed by atoms with Gasteiger partial charge < -0.3 is 0 Å². The number of hydrogen-bond acceptors (Lipinski definition) is 1. The van der Waals surface area contributed by atoms with Gasteiger partial charge in [-0.1, -0.05) is 24.1 Å². The number of terminal acetylenes is 1. The summed E-state index contributed by atoms with van der Waals surface area (Å²) in [6.45, 7) is 1.92. The van der Waals surface area contributed by atoms with E-state index in [2.05, 4.69) is 10.9 Å². The van der Waals surface area contributed by atoms with E-state index in [1.165, 1.54) is 12.1 Å². The molecule has 0 N–H and O–H groups in total. The van der Waals surface area contributed by atoms with Crippen molar-refractivity contribution in [3.8, 4) is 12.3 Å². The summed E-state index contributed by atoms with van der Waals surface area (Å²) < 4.78 is 12.9. The molecule has 2 aromatic rings. The van der Waals surface area contributed by atoms with Crippen LogP contribution in [0.15, 0.2) is 42.6 Å². The summed E-state index contributed by atoms with van der Waals surface area (Å²) in [4.78, 5) is 4.22. The van der Waals surface area contributed by atoms with Crippen LogP contribution in [0.25, 0.3) is 0 Å². The van der Waals surface area contributed by atoms with Gasteiger partial charge in [-0.2, -0.15) is 0 Å². The van der Waals surface area contributed by atoms with Gasteiger partial charge in [-0.05, 0) is 36.2 Å². The van der Waals surface area contributed by atoms with Crippen molar-refractivity contribution >= 4 is 0 Å². The van der Waals surface area contributed by atoms with Gasteiger partial charge in [-0.25, -0.2) is 4.39 Å². The fourth-order valence-corrected chi connectivity index (χ4v) is 1.82. The first-order chi connectivity index (χ1) is 8.22. The topological polar surface area (TPSA) is 12.9 Å². The van der Waals surface area contributed by atoms with Crippen molar-refractivity contribution in [3.63, 3.8) is 0 Å². The molecule has 1 atom stereocenters. The van der Waals surface area contributed by atoms with E-state index in [4.69, 9.17) is 6.42 Å². The second kappa shape index (κ2) is 4.80. The molecule has 2 heteroatoms. The van der Waals surface area contributed by atoms with E-state index in [0.717, 1.165) is 16.8 Å². The van der Waals surface area contributed by atoms with Crippen LogP contribution in [0.2, 0.25) is 0 Å². The monoisotopic (exact) mass is 225 g/mol. The molecule has 17 heavy (non-hydrogen) atoms. The first-order valence-corrected chi connectivity index (χ1v) is 5.35. The Labute approximate surface area is 100 Å². The molecule has 0 aliphatic rings. The molecular formula is C15H12FN. The van der Waals surface area contributed by atoms with Gasteiger partial charge in [0.2, 0.25) is 0 Å². The molecule has 0 spiro atoms. The van der Waals surface area contributed by atoms with Crippen LogP contribution in [0.3, 0.4) is 0 Å². The maximum absolute atomic E-state index is 12.9. The van der Waals surface area contributed by atoms with Crippen LogP contribution in [0.5, 0.6) is 0 Å². The molecule has 0 radical (unpaired) electrons. The Morgan fingerprint density at radius 1 is 1.24 bits per heavy atom. The van der Waals surface area contributed by atoms with Gasteiger partial charge in [-0.15, -0.1) is 6.42 Å². The number of rotatable bonds is 2. The van der Waals surface area contributed by atoms with Gasteiger partial charge >= 0.3 is 0 Å². The maximum Gasteiger partial charge on any atom is 0.123 e. The molecule has 1 aromatic heterocycles. The number of aryl methyl sites for hydroxylation is 1. The summed E-state index contributed by atoms with van der Waals surface area (Å²) in [5.41, 5.74) is 2.80. The SMILES string of the molecule is C#CC(c1ccc(F)cc1)c1cccnc1C. The average Bonchev–Trinajstić information content (AvgIpc) is 2.35. The van der Waals surface area contributed by atoms with Crippen LogP contribution in [-0.4, -0.2) is 4.98 Å². The normalized spacial score (nSPS) is 11.8. The summed E-state index contributed by atoms with van der Waals surface area (Å²) in [7, 11) is 0. The number of hydrogen-bond donors (Lipinski definition) is 0. The second-order valence-electron chi connectivity index (χ2n) is 3.83. The van der Waals surface area contributed by atoms with E-state index in [-0.39, 0.29) is 11.7 Å². The third-order valence-electron chi connectivity index (χ3n) is 2.73. The highest BCUT2D eigenvalue weighted by atomic mass is 19.1. The zero-order valence-corrected chi connectivity index (χ0v) is 9.52. The number of benzene rings is 1. The molecule has 1 nitrogen and oxygen atoms in total. The van der Waals surface area contributed by atoms with E-state index in [1.807, 2.05) is 19.1 Å². The molecule has 1 unspecified atom stereocenters. The lowest BCUT2D eigenvalue weighted by Crippen LogP contribution is -2.02. The Bertz CT molecular complexity index is 552. The number of halogens is 1. The summed E-state index contributed by atoms with van der Waals surface area (Å²) in [6, 6.07) is 10.1. The minimum absolute atomic E-state index is 0.177. The molecular weight excluding hydrogens is 213 g/mol. The first kappa shape index (κ1) is 11.3. The third-order valence-corrected chi connectivity index (χ3v) is 2.73. The van der Waals surface area contributed by atoms with Crippen molar-refractivity contribution in [2.24, 2.45) is 0 Å². The largest absolute Gasteiger partial charge is 0.261 e. The highest BCUT2D eigenvalue weighted by molar-refractivity contribution is 5.40. The Kier molecular flexibility index (Phi) is 3.20. The Balaban J connectivity index is 2.45. The van der Waals surface area contributed by atoms with Crippen LogP contribution >= 0.6 is 0 Å². The highest BCUT2D eigenvalue weighted by Gasteiger charge is 2.13. The summed E-state index contributed by atoms with van der Waals surface area (Å²) in [5, 5.41) is 0. The summed E-state index contributed by atoms with van der Waals surface area (Å²) >= 11 is 0. The summed E-state index contributed by atoms with van der Waals surface area (Å²) in [5.74, 6) is 2.30. The zero-order chi connectivity index (χ0) is 12.3. The molecule has 1 aromatic carbocycles. The molecule has 0 aliphatic carbocycles. The number of nitrogens with zero attached hydrogens (tertiary/aromatic N) is 1. The molecule has 0 saturated heterocycles. The van der Waals surface area contributed by atoms with Gasteiger partial charge in [0.25, 0.3) is 0 Å². The van der Waals surface area contributed by atoms with Gasteiger partial charge in [-0.3, -0.25) is 4.98 Å². The van der Waals surface area contributed by atoms with E-state index >= 15 is 0 Å². The van der Waals surface area contributed by atoms with Crippen molar-refractivity contribution in [3.05, 3.63) is 65.2 Å². The van der Waals surface area contributed by atoms with Crippen molar-refractivity contribution in [1.29, 1.82) is 0 Å². The van der Waals surface area contributed by atoms with E-state index < -0.39 is 0 Å². The minimum atomic E-state index is -0.257. The smallest absolute Gasteiger partial charge is 0.123 e. The van der Waals surface area contributed by atoms with Crippen LogP contribution in [0.4, 0.5) is 4.39 Å². The van der Waals surface area contributed by atoms with Gasteiger partial charge in [0, 0.05) is 11.9 Å². The average molecular weight is 225 g/mol. The Morgan fingerprint density at radius 3 is 2.53 bits per heavy atom. The lowest BCUT2D eigenvalue weighted by molar-refractivity contribution is 0.627. The molecule has 84 valence electrons. The standard InChI is InChI=1S/C15H12FN/c1-3-14(12-6-8-13(16)9-7-12)15-5-4-10-17-11(15)2/h1,4-10,14H,2H3. The molecule has 0 bridgehead atoms. The van der Waals surface area contributed by atoms with Crippen LogP contribution in [0, 0.1) is 25.1 Å². The Morgan fingerprint density at radius 2 is 1.94 bits per heavy atom. The maximum atomic E-state index is 12.9. The van der Waals surface area contributed by atoms with E-state index in [1.54, 1.807) is 18.3 Å². The van der Waals surface area contributed by atoms with Gasteiger partial charge in [0.15, 0.2) is 0 Å². The minimum Gasteiger partial charge on any atom is -0.261 e. The van der Waals surface area contributed by atoms with Crippen molar-refractivity contribution in [1.82, 2.24) is 4.98 Å². The quantitative estimate of drug-likeness (QED) is 0.715. The van der Waals surface area contributed by atoms with E-state index in [0.29, 0.717) is 0 Å². The van der Waals surface area contributed by atoms with Gasteiger partial charge in [0.05, 0.1) is 5.92 Å². The van der Waals surface area contributed by atoms with Crippen molar-refractivity contribution < 1.29 is 4.39 Å². The fourth-order valence-electron chi connectivity index (χ4n) is 1.82. The van der Waals surface area contributed by atoms with Crippen LogP contribution in [-0.2, 0) is 0 Å². The van der Waals surface area contributed by atoms with Crippen molar-refractivity contribution in [2.45, 2.75) is 12.8 Å². The first-order valence-electron chi connectivity index (χ1n) is 5.35. The third kappa shape index (κ3) is 2.34. The highest BCUT2D eigenvalue weighted by Crippen LogP contribution is 2.25. The molecule has 0 fully saturated rings. The predicted octanol–water partition coefficient (Wildman–Crippen LogP) is 3.29. The molecule has 0 saturated carbocycles. The zero-order valence-electron chi connectivity index (χ0n) is 9.52. The lowest BCUT2D eigenvalue weighted by Gasteiger charge is -2.13. The number of pyridine rings is 1. The fraction of sp³-hybridized carbons (Fsp3) is 0.133. The predicted molar refractivity (Wildman–Crippen MR) is 66.1 cm³/mol. The molecule has 1 heterocycles. The molecule has 2 rings (SSSR count). The van der Waals surface area contributed by atoms with Crippen LogP contribution in [0.1, 0.15) is 22.7 Å².